The minimum absolute atomic E-state index is 0.398. The van der Waals surface area contributed by atoms with Crippen LogP contribution in [0.2, 0.25) is 0 Å². The highest BCUT2D eigenvalue weighted by atomic mass is 32.2. The molecule has 1 aromatic rings. The summed E-state index contributed by atoms with van der Waals surface area (Å²) in [5.41, 5.74) is 5.35. The van der Waals surface area contributed by atoms with Crippen LogP contribution in [-0.4, -0.2) is 23.3 Å². The second-order valence-corrected chi connectivity index (χ2v) is 4.01. The summed E-state index contributed by atoms with van der Waals surface area (Å²) in [6.45, 7) is 0. The number of nitrogens with two attached hydrogens (primary N) is 1. The van der Waals surface area contributed by atoms with Gasteiger partial charge in [-0.15, -0.1) is 10.2 Å². The molecule has 1 aromatic heterocycles. The summed E-state index contributed by atoms with van der Waals surface area (Å²) in [6.07, 6.45) is 1.31. The van der Waals surface area contributed by atoms with E-state index in [1.165, 1.54) is 36.3 Å². The summed E-state index contributed by atoms with van der Waals surface area (Å²) >= 11 is 2.53. The second kappa shape index (κ2) is 4.83. The molecule has 7 heteroatoms. The molecule has 0 aliphatic rings. The molecule has 5 nitrogen and oxygen atoms in total. The quantitative estimate of drug-likeness (QED) is 0.460. The molecule has 1 rings (SSSR count). The third kappa shape index (κ3) is 3.43. The molecule has 0 amide bonds. The Labute approximate surface area is 83.0 Å². The number of esters is 1. The third-order valence-electron chi connectivity index (χ3n) is 0.996. The van der Waals surface area contributed by atoms with E-state index in [4.69, 9.17) is 5.73 Å². The Balaban J connectivity index is 2.43. The van der Waals surface area contributed by atoms with Crippen LogP contribution in [0.5, 0.6) is 0 Å². The lowest BCUT2D eigenvalue weighted by molar-refractivity contribution is -0.134. The molecule has 0 bridgehead atoms. The van der Waals surface area contributed by atoms with Crippen molar-refractivity contribution in [3.05, 3.63) is 11.5 Å². The maximum Gasteiger partial charge on any atom is 0.330 e. The van der Waals surface area contributed by atoms with Crippen molar-refractivity contribution in [2.75, 3.05) is 12.8 Å². The van der Waals surface area contributed by atoms with Gasteiger partial charge in [0.25, 0.3) is 0 Å². The van der Waals surface area contributed by atoms with Gasteiger partial charge >= 0.3 is 5.97 Å². The van der Waals surface area contributed by atoms with Crippen LogP contribution in [0, 0.1) is 0 Å². The van der Waals surface area contributed by atoms with E-state index in [1.54, 1.807) is 5.41 Å². The standard InChI is InChI=1S/C6H7N3O2S2/c1-11-4(10)2-3-12-6-9-8-5(7)13-6/h2-3H,1H3,(H2,7,8). The van der Waals surface area contributed by atoms with Crippen LogP contribution in [0.15, 0.2) is 15.8 Å². The first kappa shape index (κ1) is 10.0. The van der Waals surface area contributed by atoms with Gasteiger partial charge in [-0.2, -0.15) is 0 Å². The molecule has 0 saturated carbocycles. The number of hydrogen-bond donors (Lipinski definition) is 1. The Hall–Kier alpha value is -1.08. The van der Waals surface area contributed by atoms with E-state index in [0.29, 0.717) is 9.47 Å². The second-order valence-electron chi connectivity index (χ2n) is 1.85. The van der Waals surface area contributed by atoms with E-state index < -0.39 is 5.97 Å². The summed E-state index contributed by atoms with van der Waals surface area (Å²) < 4.78 is 5.09. The zero-order chi connectivity index (χ0) is 9.68. The fourth-order valence-corrected chi connectivity index (χ4v) is 1.82. The van der Waals surface area contributed by atoms with Gasteiger partial charge in [0.15, 0.2) is 4.34 Å². The first-order valence-electron chi connectivity index (χ1n) is 3.22. The zero-order valence-electron chi connectivity index (χ0n) is 6.76. The van der Waals surface area contributed by atoms with Crippen LogP contribution in [0.1, 0.15) is 0 Å². The largest absolute Gasteiger partial charge is 0.466 e. The van der Waals surface area contributed by atoms with Crippen molar-refractivity contribution < 1.29 is 9.53 Å². The van der Waals surface area contributed by atoms with E-state index in [0.717, 1.165) is 0 Å². The molecule has 0 saturated heterocycles. The van der Waals surface area contributed by atoms with Gasteiger partial charge < -0.3 is 10.5 Å². The highest BCUT2D eigenvalue weighted by Crippen LogP contribution is 2.23. The normalized spacial score (nSPS) is 10.5. The average molecular weight is 217 g/mol. The van der Waals surface area contributed by atoms with Crippen LogP contribution in [0.25, 0.3) is 0 Å². The molecule has 70 valence electrons. The highest BCUT2D eigenvalue weighted by molar-refractivity contribution is 8.03. The number of thioether (sulfide) groups is 1. The van der Waals surface area contributed by atoms with Gasteiger partial charge in [0, 0.05) is 6.08 Å². The Morgan fingerprint density at radius 1 is 1.69 bits per heavy atom. The molecule has 0 fully saturated rings. The average Bonchev–Trinajstić information content (AvgIpc) is 2.51. The summed E-state index contributed by atoms with van der Waals surface area (Å²) in [5, 5.41) is 9.34. The van der Waals surface area contributed by atoms with E-state index in [2.05, 4.69) is 14.9 Å². The van der Waals surface area contributed by atoms with Gasteiger partial charge in [-0.1, -0.05) is 23.1 Å². The first-order chi connectivity index (χ1) is 6.22. The maximum atomic E-state index is 10.6. The molecule has 1 heterocycles. The van der Waals surface area contributed by atoms with Crippen molar-refractivity contribution in [1.29, 1.82) is 0 Å². The number of hydrogen-bond acceptors (Lipinski definition) is 7. The number of methoxy groups -OCH3 is 1. The topological polar surface area (TPSA) is 78.1 Å². The van der Waals surface area contributed by atoms with Gasteiger partial charge in [-0.3, -0.25) is 0 Å². The van der Waals surface area contributed by atoms with Crippen molar-refractivity contribution in [3.8, 4) is 0 Å². The van der Waals surface area contributed by atoms with Crippen LogP contribution in [-0.2, 0) is 9.53 Å². The van der Waals surface area contributed by atoms with Gasteiger partial charge in [0.2, 0.25) is 5.13 Å². The molecule has 0 aliphatic carbocycles. The van der Waals surface area contributed by atoms with Crippen molar-refractivity contribution in [3.63, 3.8) is 0 Å². The fourth-order valence-electron chi connectivity index (χ4n) is 0.484. The van der Waals surface area contributed by atoms with E-state index >= 15 is 0 Å². The van der Waals surface area contributed by atoms with Crippen molar-refractivity contribution >= 4 is 34.2 Å². The van der Waals surface area contributed by atoms with Crippen LogP contribution in [0.4, 0.5) is 5.13 Å². The highest BCUT2D eigenvalue weighted by Gasteiger charge is 1.98. The van der Waals surface area contributed by atoms with Gasteiger partial charge in [0.05, 0.1) is 7.11 Å². The number of carbonyl (C=O) groups excluding carboxylic acids is 1. The molecule has 0 unspecified atom stereocenters. The summed E-state index contributed by atoms with van der Waals surface area (Å²) in [7, 11) is 1.32. The molecular formula is C6H7N3O2S2. The lowest BCUT2D eigenvalue weighted by Gasteiger charge is -1.87. The van der Waals surface area contributed by atoms with Gasteiger partial charge in [0.1, 0.15) is 0 Å². The lowest BCUT2D eigenvalue weighted by atomic mass is 10.7. The predicted octanol–water partition coefficient (Wildman–Crippen LogP) is 0.899. The maximum absolute atomic E-state index is 10.6. The number of rotatable bonds is 3. The fraction of sp³-hybridized carbons (Fsp3) is 0.167. The van der Waals surface area contributed by atoms with Crippen molar-refractivity contribution in [1.82, 2.24) is 10.2 Å². The molecule has 0 aromatic carbocycles. The monoisotopic (exact) mass is 217 g/mol. The number of carbonyl (C=O) groups is 1. The molecule has 0 aliphatic heterocycles. The number of nitrogens with zero attached hydrogens (tertiary/aromatic N) is 2. The first-order valence-corrected chi connectivity index (χ1v) is 4.92. The Morgan fingerprint density at radius 2 is 2.46 bits per heavy atom. The third-order valence-corrected chi connectivity index (χ3v) is 2.64. The zero-order valence-corrected chi connectivity index (χ0v) is 8.39. The Kier molecular flexibility index (Phi) is 3.71. The van der Waals surface area contributed by atoms with Crippen molar-refractivity contribution in [2.24, 2.45) is 0 Å². The van der Waals surface area contributed by atoms with Gasteiger partial charge in [-0.05, 0) is 5.41 Å². The van der Waals surface area contributed by atoms with E-state index in [9.17, 15) is 4.79 Å². The summed E-state index contributed by atoms with van der Waals surface area (Å²) in [5.74, 6) is -0.398. The van der Waals surface area contributed by atoms with Gasteiger partial charge in [-0.25, -0.2) is 4.79 Å². The van der Waals surface area contributed by atoms with Crippen LogP contribution in [0.3, 0.4) is 0 Å². The minimum atomic E-state index is -0.398. The van der Waals surface area contributed by atoms with E-state index in [-0.39, 0.29) is 0 Å². The molecule has 0 spiro atoms. The number of nitrogen functional groups attached to an aromatic ring is 1. The number of anilines is 1. The summed E-state index contributed by atoms with van der Waals surface area (Å²) in [6, 6.07) is 0. The molecular weight excluding hydrogens is 210 g/mol. The molecule has 0 atom stereocenters. The molecule has 13 heavy (non-hydrogen) atoms. The van der Waals surface area contributed by atoms with Crippen LogP contribution >= 0.6 is 23.1 Å². The number of aromatic nitrogens is 2. The SMILES string of the molecule is COC(=O)C=CSc1nnc(N)s1. The van der Waals surface area contributed by atoms with Crippen molar-refractivity contribution in [2.45, 2.75) is 4.34 Å². The summed E-state index contributed by atoms with van der Waals surface area (Å²) in [4.78, 5) is 10.6. The Bertz CT molecular complexity index is 323. The smallest absolute Gasteiger partial charge is 0.330 e. The predicted molar refractivity (Wildman–Crippen MR) is 51.3 cm³/mol. The minimum Gasteiger partial charge on any atom is -0.466 e. The lowest BCUT2D eigenvalue weighted by Crippen LogP contribution is -1.92. The van der Waals surface area contributed by atoms with Crippen LogP contribution < -0.4 is 5.73 Å². The Morgan fingerprint density at radius 3 is 3.00 bits per heavy atom. The molecule has 2 N–H and O–H groups in total. The molecule has 0 radical (unpaired) electrons. The van der Waals surface area contributed by atoms with E-state index in [1.807, 2.05) is 0 Å². The number of ether oxygens (including phenoxy) is 1.